The van der Waals surface area contributed by atoms with E-state index in [0.717, 1.165) is 23.4 Å². The van der Waals surface area contributed by atoms with Gasteiger partial charge in [0.05, 0.1) is 22.2 Å². The van der Waals surface area contributed by atoms with Crippen LogP contribution in [0, 0.1) is 11.6 Å². The van der Waals surface area contributed by atoms with E-state index in [4.69, 9.17) is 0 Å². The first-order valence-electron chi connectivity index (χ1n) is 6.81. The Morgan fingerprint density at radius 3 is 2.52 bits per heavy atom. The van der Waals surface area contributed by atoms with E-state index in [9.17, 15) is 13.9 Å². The van der Waals surface area contributed by atoms with E-state index < -0.39 is 17.7 Å². The Morgan fingerprint density at radius 2 is 1.95 bits per heavy atom. The van der Waals surface area contributed by atoms with Crippen LogP contribution in [0.3, 0.4) is 0 Å². The van der Waals surface area contributed by atoms with Gasteiger partial charge < -0.3 is 10.0 Å². The van der Waals surface area contributed by atoms with Crippen LogP contribution in [-0.2, 0) is 6.42 Å². The Labute approximate surface area is 125 Å². The average molecular weight is 310 g/mol. The van der Waals surface area contributed by atoms with Crippen molar-refractivity contribution in [1.82, 2.24) is 4.98 Å². The van der Waals surface area contributed by atoms with E-state index in [2.05, 4.69) is 4.98 Å². The Bertz CT molecular complexity index is 661. The number of aryl methyl sites for hydroxylation is 1. The summed E-state index contributed by atoms with van der Waals surface area (Å²) in [6.07, 6.45) is 1.72. The Balaban J connectivity index is 2.09. The number of thiazole rings is 1. The molecule has 0 saturated heterocycles. The monoisotopic (exact) mass is 310 g/mol. The number of aliphatic hydroxyl groups is 1. The molecule has 3 nitrogen and oxygen atoms in total. The van der Waals surface area contributed by atoms with Crippen molar-refractivity contribution in [2.24, 2.45) is 0 Å². The lowest BCUT2D eigenvalue weighted by Gasteiger charge is -2.14. The fourth-order valence-electron chi connectivity index (χ4n) is 2.53. The fraction of sp³-hybridized carbons (Fsp3) is 0.400. The molecular formula is C15H16F2N2OS. The minimum atomic E-state index is -0.626. The first kappa shape index (κ1) is 14.4. The van der Waals surface area contributed by atoms with Gasteiger partial charge in [0.2, 0.25) is 0 Å². The molecule has 0 aliphatic heterocycles. The van der Waals surface area contributed by atoms with Gasteiger partial charge >= 0.3 is 0 Å². The Morgan fingerprint density at radius 1 is 1.29 bits per heavy atom. The molecule has 1 aromatic carbocycles. The van der Waals surface area contributed by atoms with Gasteiger partial charge in [0.25, 0.3) is 0 Å². The topological polar surface area (TPSA) is 36.4 Å². The Kier molecular flexibility index (Phi) is 3.67. The average Bonchev–Trinajstić information content (AvgIpc) is 2.82. The van der Waals surface area contributed by atoms with E-state index in [1.54, 1.807) is 19.0 Å². The molecular weight excluding hydrogens is 294 g/mol. The largest absolute Gasteiger partial charge is 0.388 e. The molecule has 3 rings (SSSR count). The van der Waals surface area contributed by atoms with Crippen molar-refractivity contribution in [2.75, 3.05) is 19.0 Å². The molecule has 0 radical (unpaired) electrons. The molecule has 1 unspecified atom stereocenters. The molecule has 0 spiro atoms. The van der Waals surface area contributed by atoms with Crippen LogP contribution in [-0.4, -0.2) is 24.2 Å². The third kappa shape index (κ3) is 2.53. The van der Waals surface area contributed by atoms with Crippen LogP contribution in [0.1, 0.15) is 29.5 Å². The summed E-state index contributed by atoms with van der Waals surface area (Å²) in [5.41, 5.74) is 1.13. The van der Waals surface area contributed by atoms with E-state index in [1.165, 1.54) is 23.5 Å². The number of aromatic nitrogens is 1. The fourth-order valence-corrected chi connectivity index (χ4v) is 3.71. The zero-order chi connectivity index (χ0) is 15.1. The summed E-state index contributed by atoms with van der Waals surface area (Å²) >= 11 is 1.18. The van der Waals surface area contributed by atoms with Gasteiger partial charge in [0.15, 0.2) is 0 Å². The minimum Gasteiger partial charge on any atom is -0.388 e. The lowest BCUT2D eigenvalue weighted by molar-refractivity contribution is 0.160. The summed E-state index contributed by atoms with van der Waals surface area (Å²) in [5.74, 6) is -1.25. The summed E-state index contributed by atoms with van der Waals surface area (Å²) in [4.78, 5) is 6.72. The summed E-state index contributed by atoms with van der Waals surface area (Å²) in [7, 11) is 3.46. The highest BCUT2D eigenvalue weighted by molar-refractivity contribution is 7.15. The van der Waals surface area contributed by atoms with Gasteiger partial charge in [0.1, 0.15) is 16.6 Å². The van der Waals surface area contributed by atoms with Gasteiger partial charge in [-0.05, 0) is 31.4 Å². The summed E-state index contributed by atoms with van der Waals surface area (Å²) < 4.78 is 28.5. The van der Waals surface area contributed by atoms with Crippen molar-refractivity contribution >= 4 is 17.0 Å². The van der Waals surface area contributed by atoms with Crippen LogP contribution in [0.2, 0.25) is 0 Å². The summed E-state index contributed by atoms with van der Waals surface area (Å²) in [6, 6.07) is 2.60. The molecule has 1 aliphatic carbocycles. The van der Waals surface area contributed by atoms with Gasteiger partial charge in [-0.2, -0.15) is 0 Å². The molecule has 0 bridgehead atoms. The molecule has 1 aliphatic rings. The van der Waals surface area contributed by atoms with Crippen LogP contribution >= 0.6 is 11.3 Å². The number of aliphatic hydroxyl groups excluding tert-OH is 1. The van der Waals surface area contributed by atoms with Crippen molar-refractivity contribution in [3.8, 4) is 10.6 Å². The molecule has 1 aromatic heterocycles. The molecule has 1 heterocycles. The molecule has 0 fully saturated rings. The van der Waals surface area contributed by atoms with Crippen molar-refractivity contribution in [3.63, 3.8) is 0 Å². The standard InChI is InChI=1S/C15H16F2N2OS/c1-19(2)8-6-9(16)13(10(17)7-8)15-18-11-4-3-5-12(20)14(11)21-15/h6-7,12,20H,3-5H2,1-2H3. The second-order valence-corrected chi connectivity index (χ2v) is 6.45. The van der Waals surface area contributed by atoms with Crippen LogP contribution in [0.4, 0.5) is 14.5 Å². The van der Waals surface area contributed by atoms with Crippen LogP contribution in [0.15, 0.2) is 12.1 Å². The highest BCUT2D eigenvalue weighted by Crippen LogP contribution is 2.39. The number of nitrogens with zero attached hydrogens (tertiary/aromatic N) is 2. The predicted octanol–water partition coefficient (Wildman–Crippen LogP) is 3.52. The number of fused-ring (bicyclic) bond motifs is 1. The molecule has 0 saturated carbocycles. The summed E-state index contributed by atoms with van der Waals surface area (Å²) in [5, 5.41) is 10.3. The van der Waals surface area contributed by atoms with Gasteiger partial charge in [-0.1, -0.05) is 0 Å². The van der Waals surface area contributed by atoms with Gasteiger partial charge in [-0.3, -0.25) is 0 Å². The number of anilines is 1. The number of hydrogen-bond acceptors (Lipinski definition) is 4. The van der Waals surface area contributed by atoms with Gasteiger partial charge in [-0.15, -0.1) is 11.3 Å². The van der Waals surface area contributed by atoms with Crippen LogP contribution in [0.25, 0.3) is 10.6 Å². The highest BCUT2D eigenvalue weighted by Gasteiger charge is 2.25. The number of hydrogen-bond donors (Lipinski definition) is 1. The lowest BCUT2D eigenvalue weighted by atomic mass is 10.0. The van der Waals surface area contributed by atoms with Crippen LogP contribution < -0.4 is 4.90 Å². The maximum Gasteiger partial charge on any atom is 0.138 e. The second kappa shape index (κ2) is 5.35. The molecule has 1 N–H and O–H groups in total. The van der Waals surface area contributed by atoms with Crippen molar-refractivity contribution in [2.45, 2.75) is 25.4 Å². The van der Waals surface area contributed by atoms with Crippen LogP contribution in [0.5, 0.6) is 0 Å². The Hall–Kier alpha value is -1.53. The molecule has 112 valence electrons. The minimum absolute atomic E-state index is 0.104. The third-order valence-corrected chi connectivity index (χ3v) is 4.89. The molecule has 1 atom stereocenters. The molecule has 0 amide bonds. The second-order valence-electron chi connectivity index (χ2n) is 5.42. The number of benzene rings is 1. The van der Waals surface area contributed by atoms with E-state index >= 15 is 0 Å². The van der Waals surface area contributed by atoms with Crippen molar-refractivity contribution in [1.29, 1.82) is 0 Å². The third-order valence-electron chi connectivity index (χ3n) is 3.68. The zero-order valence-electron chi connectivity index (χ0n) is 11.9. The van der Waals surface area contributed by atoms with E-state index in [-0.39, 0.29) is 5.56 Å². The number of rotatable bonds is 2. The first-order valence-corrected chi connectivity index (χ1v) is 7.63. The molecule has 2 aromatic rings. The molecule has 6 heteroatoms. The number of halogens is 2. The maximum atomic E-state index is 14.3. The van der Waals surface area contributed by atoms with Gasteiger partial charge in [0, 0.05) is 19.8 Å². The smallest absolute Gasteiger partial charge is 0.138 e. The molecule has 21 heavy (non-hydrogen) atoms. The van der Waals surface area contributed by atoms with Crippen molar-refractivity contribution in [3.05, 3.63) is 34.3 Å². The van der Waals surface area contributed by atoms with E-state index in [1.807, 2.05) is 0 Å². The normalized spacial score (nSPS) is 17.7. The maximum absolute atomic E-state index is 14.3. The van der Waals surface area contributed by atoms with Crippen molar-refractivity contribution < 1.29 is 13.9 Å². The lowest BCUT2D eigenvalue weighted by Crippen LogP contribution is -2.09. The zero-order valence-corrected chi connectivity index (χ0v) is 12.7. The van der Waals surface area contributed by atoms with E-state index in [0.29, 0.717) is 17.1 Å². The highest BCUT2D eigenvalue weighted by atomic mass is 32.1. The first-order chi connectivity index (χ1) is 9.97. The van der Waals surface area contributed by atoms with Gasteiger partial charge in [-0.25, -0.2) is 13.8 Å². The summed E-state index contributed by atoms with van der Waals surface area (Å²) in [6.45, 7) is 0. The predicted molar refractivity (Wildman–Crippen MR) is 79.7 cm³/mol. The SMILES string of the molecule is CN(C)c1cc(F)c(-c2nc3c(s2)C(O)CCC3)c(F)c1. The quantitative estimate of drug-likeness (QED) is 0.922.